The highest BCUT2D eigenvalue weighted by molar-refractivity contribution is 7.99. The molecule has 3 aromatic rings. The van der Waals surface area contributed by atoms with Gasteiger partial charge in [0.2, 0.25) is 11.8 Å². The van der Waals surface area contributed by atoms with Gasteiger partial charge in [-0.25, -0.2) is 0 Å². The smallest absolute Gasteiger partial charge is 0.262 e. The van der Waals surface area contributed by atoms with Crippen LogP contribution in [-0.4, -0.2) is 45.9 Å². The van der Waals surface area contributed by atoms with Gasteiger partial charge in [0.25, 0.3) is 11.1 Å². The Morgan fingerprint density at radius 1 is 0.800 bits per heavy atom. The minimum absolute atomic E-state index is 0.00587. The van der Waals surface area contributed by atoms with Gasteiger partial charge in [-0.05, 0) is 17.7 Å². The highest BCUT2D eigenvalue weighted by Crippen LogP contribution is 2.38. The molecular weight excluding hydrogens is 428 g/mol. The molecule has 0 saturated heterocycles. The van der Waals surface area contributed by atoms with E-state index < -0.39 is 28.8 Å². The Hall–Kier alpha value is -2.92. The SMILES string of the molecule is O=c1c(C(c2ccc(O)cc2)c2c(O)nc3n(c2=O)CCS3)c(O)nc2n1CCS2. The van der Waals surface area contributed by atoms with Crippen molar-refractivity contribution in [1.29, 1.82) is 0 Å². The number of thioether (sulfide) groups is 2. The van der Waals surface area contributed by atoms with E-state index in [4.69, 9.17) is 0 Å². The van der Waals surface area contributed by atoms with Crippen LogP contribution in [0.25, 0.3) is 0 Å². The fraction of sp³-hybridized carbons (Fsp3) is 0.263. The van der Waals surface area contributed by atoms with Crippen molar-refractivity contribution in [3.63, 3.8) is 0 Å². The van der Waals surface area contributed by atoms with E-state index in [0.717, 1.165) is 0 Å². The minimum atomic E-state index is -1.10. The predicted octanol–water partition coefficient (Wildman–Crippen LogP) is 1.31. The summed E-state index contributed by atoms with van der Waals surface area (Å²) >= 11 is 2.72. The fourth-order valence-corrected chi connectivity index (χ4v) is 5.67. The highest BCUT2D eigenvalue weighted by Gasteiger charge is 2.34. The van der Waals surface area contributed by atoms with Crippen molar-refractivity contribution in [3.05, 3.63) is 61.7 Å². The zero-order valence-electron chi connectivity index (χ0n) is 15.5. The van der Waals surface area contributed by atoms with Gasteiger partial charge in [-0.15, -0.1) is 0 Å². The normalized spacial score (nSPS) is 14.8. The molecule has 3 N–H and O–H groups in total. The van der Waals surface area contributed by atoms with Gasteiger partial charge in [-0.3, -0.25) is 18.7 Å². The van der Waals surface area contributed by atoms with Gasteiger partial charge < -0.3 is 15.3 Å². The van der Waals surface area contributed by atoms with Gasteiger partial charge in [-0.1, -0.05) is 35.7 Å². The van der Waals surface area contributed by atoms with Crippen LogP contribution in [0.4, 0.5) is 0 Å². The third-order valence-corrected chi connectivity index (χ3v) is 7.11. The Morgan fingerprint density at radius 3 is 1.73 bits per heavy atom. The average molecular weight is 444 g/mol. The Balaban J connectivity index is 1.83. The molecule has 2 aliphatic rings. The second-order valence-electron chi connectivity index (χ2n) is 6.90. The first-order chi connectivity index (χ1) is 14.5. The van der Waals surface area contributed by atoms with Crippen LogP contribution >= 0.6 is 23.5 Å². The molecule has 0 bridgehead atoms. The number of hydrogen-bond donors (Lipinski definition) is 3. The number of fused-ring (bicyclic) bond motifs is 2. The van der Waals surface area contributed by atoms with Crippen LogP contribution < -0.4 is 11.1 Å². The third-order valence-electron chi connectivity index (χ3n) is 5.19. The van der Waals surface area contributed by atoms with Crippen LogP contribution in [-0.2, 0) is 13.1 Å². The summed E-state index contributed by atoms with van der Waals surface area (Å²) in [5, 5.41) is 31.9. The summed E-state index contributed by atoms with van der Waals surface area (Å²) in [6.07, 6.45) is 0. The summed E-state index contributed by atoms with van der Waals surface area (Å²) < 4.78 is 2.91. The second kappa shape index (κ2) is 7.10. The molecule has 0 radical (unpaired) electrons. The van der Waals surface area contributed by atoms with Crippen molar-refractivity contribution >= 4 is 23.5 Å². The molecule has 0 atom stereocenters. The number of hydrogen-bond acceptors (Lipinski definition) is 9. The molecule has 5 rings (SSSR count). The van der Waals surface area contributed by atoms with Gasteiger partial charge in [0.1, 0.15) is 5.75 Å². The lowest BCUT2D eigenvalue weighted by atomic mass is 9.86. The van der Waals surface area contributed by atoms with Gasteiger partial charge in [0.15, 0.2) is 10.3 Å². The minimum Gasteiger partial charge on any atom is -0.508 e. The first kappa shape index (κ1) is 19.1. The first-order valence-corrected chi connectivity index (χ1v) is 11.1. The maximum absolute atomic E-state index is 13.3. The quantitative estimate of drug-likeness (QED) is 0.512. The number of aromatic hydroxyl groups is 3. The molecule has 1 aromatic carbocycles. The molecule has 0 saturated carbocycles. The summed E-state index contributed by atoms with van der Waals surface area (Å²) in [5.41, 5.74) is -0.716. The Bertz CT molecular complexity index is 1210. The topological polar surface area (TPSA) is 130 Å². The number of phenols is 1. The number of rotatable bonds is 3. The van der Waals surface area contributed by atoms with Crippen molar-refractivity contribution in [2.24, 2.45) is 0 Å². The van der Waals surface area contributed by atoms with E-state index in [9.17, 15) is 24.9 Å². The zero-order chi connectivity index (χ0) is 21.0. The van der Waals surface area contributed by atoms with E-state index in [2.05, 4.69) is 9.97 Å². The molecule has 30 heavy (non-hydrogen) atoms. The molecular formula is C19H16N4O5S2. The van der Waals surface area contributed by atoms with Gasteiger partial charge >= 0.3 is 0 Å². The predicted molar refractivity (Wildman–Crippen MR) is 111 cm³/mol. The maximum atomic E-state index is 13.3. The summed E-state index contributed by atoms with van der Waals surface area (Å²) in [5.74, 6) is -0.764. The number of nitrogens with zero attached hydrogens (tertiary/aromatic N) is 4. The average Bonchev–Trinajstić information content (AvgIpc) is 3.37. The molecule has 154 valence electrons. The molecule has 2 aliphatic heterocycles. The van der Waals surface area contributed by atoms with Crippen molar-refractivity contribution in [3.8, 4) is 17.5 Å². The largest absolute Gasteiger partial charge is 0.508 e. The molecule has 9 nitrogen and oxygen atoms in total. The van der Waals surface area contributed by atoms with E-state index in [1.165, 1.54) is 56.9 Å². The monoisotopic (exact) mass is 444 g/mol. The van der Waals surface area contributed by atoms with E-state index in [0.29, 0.717) is 40.5 Å². The fourth-order valence-electron chi connectivity index (χ4n) is 3.80. The Labute approximate surface area is 178 Å². The van der Waals surface area contributed by atoms with E-state index >= 15 is 0 Å². The van der Waals surface area contributed by atoms with Crippen LogP contribution in [0.3, 0.4) is 0 Å². The molecule has 0 amide bonds. The van der Waals surface area contributed by atoms with Gasteiger partial charge in [-0.2, -0.15) is 9.97 Å². The first-order valence-electron chi connectivity index (χ1n) is 9.17. The highest BCUT2D eigenvalue weighted by atomic mass is 32.2. The summed E-state index contributed by atoms with van der Waals surface area (Å²) in [6, 6.07) is 5.91. The number of phenolic OH excluding ortho intramolecular Hbond substituents is 1. The Kier molecular flexibility index (Phi) is 4.51. The van der Waals surface area contributed by atoms with Crippen LogP contribution in [0.2, 0.25) is 0 Å². The van der Waals surface area contributed by atoms with Crippen LogP contribution in [0, 0.1) is 0 Å². The Morgan fingerprint density at radius 2 is 1.27 bits per heavy atom. The lowest BCUT2D eigenvalue weighted by Gasteiger charge is -2.20. The van der Waals surface area contributed by atoms with Crippen LogP contribution in [0.5, 0.6) is 17.5 Å². The molecule has 2 aromatic heterocycles. The summed E-state index contributed by atoms with van der Waals surface area (Å²) in [7, 11) is 0. The second-order valence-corrected chi connectivity index (χ2v) is 9.02. The lowest BCUT2D eigenvalue weighted by Crippen LogP contribution is -2.32. The van der Waals surface area contributed by atoms with E-state index in [1.54, 1.807) is 0 Å². The van der Waals surface area contributed by atoms with Gasteiger partial charge in [0.05, 0.1) is 17.0 Å². The lowest BCUT2D eigenvalue weighted by molar-refractivity contribution is 0.414. The zero-order valence-corrected chi connectivity index (χ0v) is 17.1. The maximum Gasteiger partial charge on any atom is 0.262 e. The van der Waals surface area contributed by atoms with Crippen LogP contribution in [0.15, 0.2) is 44.2 Å². The molecule has 0 unspecified atom stereocenters. The molecule has 0 fully saturated rings. The molecule has 4 heterocycles. The van der Waals surface area contributed by atoms with Crippen molar-refractivity contribution in [1.82, 2.24) is 19.1 Å². The van der Waals surface area contributed by atoms with Crippen molar-refractivity contribution < 1.29 is 15.3 Å². The van der Waals surface area contributed by atoms with E-state index in [1.807, 2.05) is 0 Å². The number of benzene rings is 1. The van der Waals surface area contributed by atoms with E-state index in [-0.39, 0.29) is 16.9 Å². The standard InChI is InChI=1S/C19H16N4O5S2/c24-10-3-1-9(2-4-10)11(12-14(25)20-18-22(16(12)27)5-7-29-18)13-15(26)21-19-23(17(13)28)6-8-30-19/h1-4,11,24-26H,5-8H2. The van der Waals surface area contributed by atoms with Gasteiger partial charge in [0, 0.05) is 24.6 Å². The van der Waals surface area contributed by atoms with Crippen LogP contribution in [0.1, 0.15) is 22.6 Å². The van der Waals surface area contributed by atoms with Crippen molar-refractivity contribution in [2.45, 2.75) is 29.3 Å². The number of aromatic nitrogens is 4. The van der Waals surface area contributed by atoms with Crippen molar-refractivity contribution in [2.75, 3.05) is 11.5 Å². The molecule has 0 spiro atoms. The molecule has 0 aliphatic carbocycles. The summed E-state index contributed by atoms with van der Waals surface area (Å²) in [4.78, 5) is 34.9. The third kappa shape index (κ3) is 2.88. The molecule has 11 heteroatoms. The summed E-state index contributed by atoms with van der Waals surface area (Å²) in [6.45, 7) is 0.872.